The fourth-order valence-electron chi connectivity index (χ4n) is 3.84. The Morgan fingerprint density at radius 3 is 2.69 bits per heavy atom. The van der Waals surface area contributed by atoms with Crippen molar-refractivity contribution in [2.75, 3.05) is 5.32 Å². The molecule has 3 aromatic heterocycles. The van der Waals surface area contributed by atoms with E-state index in [1.807, 2.05) is 31.5 Å². The number of hydrogen-bond acceptors (Lipinski definition) is 8. The molecular formula is C24H27N9O2. The van der Waals surface area contributed by atoms with Gasteiger partial charge in [-0.15, -0.1) is 10.2 Å². The summed E-state index contributed by atoms with van der Waals surface area (Å²) in [6.07, 6.45) is 4.50. The van der Waals surface area contributed by atoms with Crippen molar-refractivity contribution >= 4 is 11.6 Å². The van der Waals surface area contributed by atoms with E-state index in [9.17, 15) is 9.59 Å². The molecule has 0 spiro atoms. The Kier molecular flexibility index (Phi) is 7.24. The third-order valence-corrected chi connectivity index (χ3v) is 5.74. The van der Waals surface area contributed by atoms with Gasteiger partial charge in [0.05, 0.1) is 12.2 Å². The zero-order chi connectivity index (χ0) is 24.8. The monoisotopic (exact) mass is 473 g/mol. The lowest BCUT2D eigenvalue weighted by Gasteiger charge is -2.12. The number of carbonyl (C=O) groups is 1. The van der Waals surface area contributed by atoms with Gasteiger partial charge in [-0.3, -0.25) is 9.59 Å². The summed E-state index contributed by atoms with van der Waals surface area (Å²) in [6.45, 7) is 4.50. The second-order valence-corrected chi connectivity index (χ2v) is 7.87. The second-order valence-electron chi connectivity index (χ2n) is 7.87. The molecule has 0 aliphatic heterocycles. The topological polar surface area (TPSA) is 143 Å². The summed E-state index contributed by atoms with van der Waals surface area (Å²) in [4.78, 5) is 33.3. The van der Waals surface area contributed by atoms with E-state index in [1.165, 1.54) is 6.33 Å². The zero-order valence-electron chi connectivity index (χ0n) is 19.9. The summed E-state index contributed by atoms with van der Waals surface area (Å²) in [5.41, 5.74) is 3.92. The van der Waals surface area contributed by atoms with Crippen LogP contribution in [-0.4, -0.2) is 40.8 Å². The number of aromatic amines is 1. The summed E-state index contributed by atoms with van der Waals surface area (Å²) in [7, 11) is 1.87. The van der Waals surface area contributed by atoms with Crippen molar-refractivity contribution in [2.45, 2.75) is 39.8 Å². The minimum Gasteiger partial charge on any atom is -0.378 e. The van der Waals surface area contributed by atoms with Gasteiger partial charge < -0.3 is 15.2 Å². The first-order chi connectivity index (χ1) is 17.0. The van der Waals surface area contributed by atoms with Crippen LogP contribution in [0.5, 0.6) is 0 Å². The average molecular weight is 474 g/mol. The Labute approximate surface area is 202 Å². The molecule has 1 aromatic carbocycles. The van der Waals surface area contributed by atoms with E-state index >= 15 is 0 Å². The van der Waals surface area contributed by atoms with Gasteiger partial charge in [0.1, 0.15) is 12.0 Å². The SMILES string of the molecule is CCc1n[nH]c(=O)c(CNC(=O)c2cccc(NCc3nnc(-c4ccncn4)n3C)c2)c1CC. The number of carbonyl (C=O) groups excluding carboxylic acids is 1. The zero-order valence-corrected chi connectivity index (χ0v) is 19.9. The van der Waals surface area contributed by atoms with Gasteiger partial charge in [-0.05, 0) is 42.7 Å². The van der Waals surface area contributed by atoms with Crippen LogP contribution in [0.4, 0.5) is 5.69 Å². The maximum absolute atomic E-state index is 12.8. The molecule has 1 amide bonds. The lowest BCUT2D eigenvalue weighted by Crippen LogP contribution is -2.29. The van der Waals surface area contributed by atoms with E-state index in [1.54, 1.807) is 30.5 Å². The van der Waals surface area contributed by atoms with Gasteiger partial charge in [-0.1, -0.05) is 19.9 Å². The number of benzene rings is 1. The van der Waals surface area contributed by atoms with E-state index in [-0.39, 0.29) is 18.0 Å². The van der Waals surface area contributed by atoms with Crippen molar-refractivity contribution in [2.24, 2.45) is 7.05 Å². The highest BCUT2D eigenvalue weighted by Gasteiger charge is 2.15. The number of anilines is 1. The van der Waals surface area contributed by atoms with Gasteiger partial charge >= 0.3 is 0 Å². The fraction of sp³-hybridized carbons (Fsp3) is 0.292. The van der Waals surface area contributed by atoms with Gasteiger partial charge in [0.25, 0.3) is 11.5 Å². The number of nitrogens with one attached hydrogen (secondary N) is 3. The van der Waals surface area contributed by atoms with Crippen LogP contribution < -0.4 is 16.2 Å². The maximum Gasteiger partial charge on any atom is 0.269 e. The fourth-order valence-corrected chi connectivity index (χ4v) is 3.84. The number of hydrogen-bond donors (Lipinski definition) is 3. The second kappa shape index (κ2) is 10.7. The largest absolute Gasteiger partial charge is 0.378 e. The van der Waals surface area contributed by atoms with Crippen LogP contribution in [0.1, 0.15) is 46.9 Å². The van der Waals surface area contributed by atoms with Crippen LogP contribution in [0.3, 0.4) is 0 Å². The molecule has 35 heavy (non-hydrogen) atoms. The molecule has 4 rings (SSSR count). The first kappa shape index (κ1) is 23.7. The van der Waals surface area contributed by atoms with Crippen LogP contribution >= 0.6 is 0 Å². The molecule has 0 radical (unpaired) electrons. The van der Waals surface area contributed by atoms with Crippen LogP contribution in [-0.2, 0) is 33.0 Å². The summed E-state index contributed by atoms with van der Waals surface area (Å²) < 4.78 is 1.86. The predicted molar refractivity (Wildman–Crippen MR) is 131 cm³/mol. The standard InChI is InChI=1S/C24H27N9O2/c1-4-17-18(24(35)32-29-19(17)5-2)12-27-23(34)15-7-6-8-16(11-15)26-13-21-30-31-22(33(21)3)20-9-10-25-14-28-20/h6-11,14,26H,4-5,12-13H2,1-3H3,(H,27,34)(H,32,35). The Bertz CT molecular complexity index is 1380. The van der Waals surface area contributed by atoms with Crippen LogP contribution in [0.15, 0.2) is 47.7 Å². The molecule has 4 aromatic rings. The van der Waals surface area contributed by atoms with Gasteiger partial charge in [0.15, 0.2) is 11.6 Å². The molecule has 0 atom stereocenters. The molecule has 0 fully saturated rings. The molecule has 0 aliphatic carbocycles. The van der Waals surface area contributed by atoms with Gasteiger partial charge in [0, 0.05) is 36.6 Å². The number of amides is 1. The Hall–Kier alpha value is -4.41. The van der Waals surface area contributed by atoms with Crippen LogP contribution in [0.2, 0.25) is 0 Å². The molecule has 3 N–H and O–H groups in total. The Morgan fingerprint density at radius 2 is 1.94 bits per heavy atom. The molecule has 3 heterocycles. The van der Waals surface area contributed by atoms with Gasteiger partial charge in [-0.25, -0.2) is 15.1 Å². The highest BCUT2D eigenvalue weighted by Crippen LogP contribution is 2.16. The molecule has 11 nitrogen and oxygen atoms in total. The van der Waals surface area contributed by atoms with Crippen molar-refractivity contribution in [3.63, 3.8) is 0 Å². The van der Waals surface area contributed by atoms with E-state index in [4.69, 9.17) is 0 Å². The summed E-state index contributed by atoms with van der Waals surface area (Å²) in [5, 5.41) is 21.2. The van der Waals surface area contributed by atoms with Crippen molar-refractivity contribution < 1.29 is 4.79 Å². The van der Waals surface area contributed by atoms with E-state index < -0.39 is 0 Å². The predicted octanol–water partition coefficient (Wildman–Crippen LogP) is 2.02. The summed E-state index contributed by atoms with van der Waals surface area (Å²) in [5.74, 6) is 1.08. The van der Waals surface area contributed by atoms with E-state index in [2.05, 4.69) is 41.0 Å². The van der Waals surface area contributed by atoms with Gasteiger partial charge in [-0.2, -0.15) is 5.10 Å². The number of aromatic nitrogens is 7. The molecule has 0 saturated heterocycles. The molecule has 180 valence electrons. The summed E-state index contributed by atoms with van der Waals surface area (Å²) >= 11 is 0. The Balaban J connectivity index is 1.42. The first-order valence-electron chi connectivity index (χ1n) is 11.4. The van der Waals surface area contributed by atoms with Crippen molar-refractivity contribution in [3.8, 4) is 11.5 Å². The third kappa shape index (κ3) is 5.24. The van der Waals surface area contributed by atoms with Crippen molar-refractivity contribution in [1.82, 2.24) is 40.2 Å². The number of nitrogens with zero attached hydrogens (tertiary/aromatic N) is 6. The van der Waals surface area contributed by atoms with Gasteiger partial charge in [0.2, 0.25) is 0 Å². The minimum absolute atomic E-state index is 0.134. The highest BCUT2D eigenvalue weighted by molar-refractivity contribution is 5.95. The molecule has 0 unspecified atom stereocenters. The summed E-state index contributed by atoms with van der Waals surface area (Å²) in [6, 6.07) is 8.92. The highest BCUT2D eigenvalue weighted by atomic mass is 16.2. The molecule has 11 heteroatoms. The number of aryl methyl sites for hydroxylation is 1. The molecule has 0 bridgehead atoms. The Morgan fingerprint density at radius 1 is 1.09 bits per heavy atom. The average Bonchev–Trinajstić information content (AvgIpc) is 3.27. The maximum atomic E-state index is 12.8. The van der Waals surface area contributed by atoms with Crippen molar-refractivity contribution in [1.29, 1.82) is 0 Å². The van der Waals surface area contributed by atoms with Crippen molar-refractivity contribution in [3.05, 3.63) is 81.4 Å². The number of rotatable bonds is 9. The minimum atomic E-state index is -0.278. The lowest BCUT2D eigenvalue weighted by molar-refractivity contribution is 0.0950. The van der Waals surface area contributed by atoms with Crippen LogP contribution in [0.25, 0.3) is 11.5 Å². The normalized spacial score (nSPS) is 10.8. The quantitative estimate of drug-likeness (QED) is 0.335. The molecular weight excluding hydrogens is 446 g/mol. The molecule has 0 saturated carbocycles. The smallest absolute Gasteiger partial charge is 0.269 e. The number of H-pyrrole nitrogens is 1. The molecule has 0 aliphatic rings. The lowest BCUT2D eigenvalue weighted by atomic mass is 10.0. The van der Waals surface area contributed by atoms with E-state index in [0.717, 1.165) is 16.9 Å². The van der Waals surface area contributed by atoms with Crippen LogP contribution in [0, 0.1) is 0 Å². The van der Waals surface area contributed by atoms with E-state index in [0.29, 0.717) is 47.9 Å². The first-order valence-corrected chi connectivity index (χ1v) is 11.4. The third-order valence-electron chi connectivity index (χ3n) is 5.74.